The van der Waals surface area contributed by atoms with E-state index in [1.807, 2.05) is 6.92 Å². The zero-order chi connectivity index (χ0) is 9.73. The molecule has 0 saturated heterocycles. The number of nitrogens with two attached hydrogens (primary N) is 1. The Kier molecular flexibility index (Phi) is 3.90. The number of hydrogen-bond acceptors (Lipinski definition) is 3. The second-order valence-electron chi connectivity index (χ2n) is 3.41. The molecule has 1 rings (SSSR count). The van der Waals surface area contributed by atoms with Gasteiger partial charge in [0.25, 0.3) is 0 Å². The molecular formula is C10H17NOS. The average molecular weight is 199 g/mol. The maximum absolute atomic E-state index is 9.91. The quantitative estimate of drug-likeness (QED) is 0.759. The minimum absolute atomic E-state index is 0.355. The van der Waals surface area contributed by atoms with E-state index in [2.05, 4.69) is 16.8 Å². The molecule has 0 bridgehead atoms. The first-order valence-electron chi connectivity index (χ1n) is 4.64. The van der Waals surface area contributed by atoms with Crippen LogP contribution in [0.2, 0.25) is 0 Å². The third-order valence-corrected chi connectivity index (χ3v) is 3.23. The van der Waals surface area contributed by atoms with Gasteiger partial charge in [0.05, 0.1) is 5.60 Å². The van der Waals surface area contributed by atoms with Crippen molar-refractivity contribution in [1.29, 1.82) is 0 Å². The van der Waals surface area contributed by atoms with E-state index in [0.717, 1.165) is 19.3 Å². The van der Waals surface area contributed by atoms with Gasteiger partial charge in [-0.1, -0.05) is 6.92 Å². The van der Waals surface area contributed by atoms with E-state index in [1.165, 1.54) is 5.56 Å². The fourth-order valence-corrected chi connectivity index (χ4v) is 1.94. The molecule has 1 heterocycles. The van der Waals surface area contributed by atoms with E-state index < -0.39 is 5.60 Å². The Labute approximate surface area is 83.4 Å². The van der Waals surface area contributed by atoms with Crippen LogP contribution in [0.4, 0.5) is 0 Å². The lowest BCUT2D eigenvalue weighted by Gasteiger charge is -2.24. The topological polar surface area (TPSA) is 46.2 Å². The number of rotatable bonds is 5. The van der Waals surface area contributed by atoms with Crippen molar-refractivity contribution < 1.29 is 5.11 Å². The van der Waals surface area contributed by atoms with Crippen molar-refractivity contribution in [2.24, 2.45) is 5.73 Å². The van der Waals surface area contributed by atoms with Gasteiger partial charge in [-0.15, -0.1) is 0 Å². The SMILES string of the molecule is CCC(O)(CN)CCc1ccsc1. The molecule has 0 aliphatic rings. The first-order valence-corrected chi connectivity index (χ1v) is 5.58. The van der Waals surface area contributed by atoms with Gasteiger partial charge in [-0.3, -0.25) is 0 Å². The molecule has 0 aromatic carbocycles. The summed E-state index contributed by atoms with van der Waals surface area (Å²) in [6.45, 7) is 2.33. The Balaban J connectivity index is 2.41. The van der Waals surface area contributed by atoms with Gasteiger partial charge in [0.2, 0.25) is 0 Å². The van der Waals surface area contributed by atoms with Crippen LogP contribution < -0.4 is 5.73 Å². The van der Waals surface area contributed by atoms with Gasteiger partial charge in [-0.2, -0.15) is 11.3 Å². The highest BCUT2D eigenvalue weighted by Crippen LogP contribution is 2.18. The Morgan fingerprint density at radius 3 is 2.85 bits per heavy atom. The van der Waals surface area contributed by atoms with Crippen LogP contribution in [0.5, 0.6) is 0 Å². The maximum atomic E-state index is 9.91. The third-order valence-electron chi connectivity index (χ3n) is 2.50. The molecule has 1 aromatic heterocycles. The summed E-state index contributed by atoms with van der Waals surface area (Å²) in [6, 6.07) is 2.09. The molecule has 1 unspecified atom stereocenters. The summed E-state index contributed by atoms with van der Waals surface area (Å²) in [6.07, 6.45) is 2.41. The van der Waals surface area contributed by atoms with Gasteiger partial charge in [0.1, 0.15) is 0 Å². The van der Waals surface area contributed by atoms with Gasteiger partial charge in [-0.25, -0.2) is 0 Å². The average Bonchev–Trinajstić information content (AvgIpc) is 2.67. The molecular weight excluding hydrogens is 182 g/mol. The molecule has 3 heteroatoms. The Hall–Kier alpha value is -0.380. The fourth-order valence-electron chi connectivity index (χ4n) is 1.24. The fraction of sp³-hybridized carbons (Fsp3) is 0.600. The molecule has 0 saturated carbocycles. The Morgan fingerprint density at radius 1 is 1.62 bits per heavy atom. The predicted octanol–water partition coefficient (Wildman–Crippen LogP) is 1.78. The lowest BCUT2D eigenvalue weighted by molar-refractivity contribution is 0.0367. The van der Waals surface area contributed by atoms with Gasteiger partial charge in [-0.05, 0) is 41.7 Å². The van der Waals surface area contributed by atoms with Crippen LogP contribution in [-0.2, 0) is 6.42 Å². The first-order chi connectivity index (χ1) is 6.20. The summed E-state index contributed by atoms with van der Waals surface area (Å²) in [5.74, 6) is 0. The largest absolute Gasteiger partial charge is 0.389 e. The van der Waals surface area contributed by atoms with Crippen LogP contribution in [0.1, 0.15) is 25.3 Å². The molecule has 0 aliphatic carbocycles. The third kappa shape index (κ3) is 3.10. The second kappa shape index (κ2) is 4.74. The van der Waals surface area contributed by atoms with E-state index >= 15 is 0 Å². The zero-order valence-electron chi connectivity index (χ0n) is 7.99. The highest BCUT2D eigenvalue weighted by Gasteiger charge is 2.21. The van der Waals surface area contributed by atoms with Gasteiger partial charge in [0, 0.05) is 6.54 Å². The van der Waals surface area contributed by atoms with Crippen LogP contribution >= 0.6 is 11.3 Å². The van der Waals surface area contributed by atoms with E-state index in [1.54, 1.807) is 11.3 Å². The van der Waals surface area contributed by atoms with Crippen LogP contribution in [0.15, 0.2) is 16.8 Å². The smallest absolute Gasteiger partial charge is 0.0770 e. The van der Waals surface area contributed by atoms with Gasteiger partial charge in [0.15, 0.2) is 0 Å². The van der Waals surface area contributed by atoms with E-state index in [-0.39, 0.29) is 0 Å². The molecule has 13 heavy (non-hydrogen) atoms. The summed E-state index contributed by atoms with van der Waals surface area (Å²) in [5.41, 5.74) is 6.14. The Bertz CT molecular complexity index is 229. The molecule has 0 aliphatic heterocycles. The van der Waals surface area contributed by atoms with Crippen LogP contribution in [0.25, 0.3) is 0 Å². The number of thiophene rings is 1. The summed E-state index contributed by atoms with van der Waals surface area (Å²) in [4.78, 5) is 0. The Morgan fingerprint density at radius 2 is 2.38 bits per heavy atom. The number of aliphatic hydroxyl groups is 1. The van der Waals surface area contributed by atoms with E-state index in [0.29, 0.717) is 6.54 Å². The molecule has 2 nitrogen and oxygen atoms in total. The second-order valence-corrected chi connectivity index (χ2v) is 4.19. The van der Waals surface area contributed by atoms with Crippen molar-refractivity contribution in [3.8, 4) is 0 Å². The summed E-state index contributed by atoms with van der Waals surface area (Å²) < 4.78 is 0. The van der Waals surface area contributed by atoms with E-state index in [9.17, 15) is 5.11 Å². The molecule has 1 atom stereocenters. The lowest BCUT2D eigenvalue weighted by atomic mass is 9.93. The monoisotopic (exact) mass is 199 g/mol. The van der Waals surface area contributed by atoms with Crippen molar-refractivity contribution in [2.45, 2.75) is 31.8 Å². The van der Waals surface area contributed by atoms with Crippen LogP contribution in [-0.4, -0.2) is 17.3 Å². The molecule has 74 valence electrons. The zero-order valence-corrected chi connectivity index (χ0v) is 8.81. The highest BCUT2D eigenvalue weighted by atomic mass is 32.1. The molecule has 3 N–H and O–H groups in total. The number of aryl methyl sites for hydroxylation is 1. The minimum Gasteiger partial charge on any atom is -0.389 e. The summed E-state index contributed by atoms with van der Waals surface area (Å²) in [7, 11) is 0. The maximum Gasteiger partial charge on any atom is 0.0770 e. The highest BCUT2D eigenvalue weighted by molar-refractivity contribution is 7.07. The molecule has 0 radical (unpaired) electrons. The lowest BCUT2D eigenvalue weighted by Crippen LogP contribution is -2.37. The molecule has 1 aromatic rings. The molecule has 0 spiro atoms. The predicted molar refractivity (Wildman–Crippen MR) is 56.9 cm³/mol. The van der Waals surface area contributed by atoms with Crippen molar-refractivity contribution in [3.05, 3.63) is 22.4 Å². The van der Waals surface area contributed by atoms with Gasteiger partial charge < -0.3 is 10.8 Å². The standard InChI is InChI=1S/C10H17NOS/c1-2-10(12,8-11)5-3-9-4-6-13-7-9/h4,6-7,12H,2-3,5,8,11H2,1H3. The summed E-state index contributed by atoms with van der Waals surface area (Å²) >= 11 is 1.69. The molecule has 0 fully saturated rings. The van der Waals surface area contributed by atoms with Crippen LogP contribution in [0.3, 0.4) is 0 Å². The van der Waals surface area contributed by atoms with Crippen molar-refractivity contribution >= 4 is 11.3 Å². The molecule has 0 amide bonds. The van der Waals surface area contributed by atoms with Crippen molar-refractivity contribution in [3.63, 3.8) is 0 Å². The van der Waals surface area contributed by atoms with E-state index in [4.69, 9.17) is 5.73 Å². The normalized spacial score (nSPS) is 15.6. The van der Waals surface area contributed by atoms with Crippen molar-refractivity contribution in [1.82, 2.24) is 0 Å². The summed E-state index contributed by atoms with van der Waals surface area (Å²) in [5, 5.41) is 14.1. The number of hydrogen-bond donors (Lipinski definition) is 2. The first kappa shape index (κ1) is 10.7. The van der Waals surface area contributed by atoms with Crippen LogP contribution in [0, 0.1) is 0 Å². The van der Waals surface area contributed by atoms with Gasteiger partial charge >= 0.3 is 0 Å². The van der Waals surface area contributed by atoms with Crippen molar-refractivity contribution in [2.75, 3.05) is 6.54 Å². The minimum atomic E-state index is -0.665.